The van der Waals surface area contributed by atoms with Crippen molar-refractivity contribution < 1.29 is 4.79 Å². The first-order valence-electron chi connectivity index (χ1n) is 3.80. The lowest BCUT2D eigenvalue weighted by atomic mass is 10.0. The molecule has 64 valence electrons. The van der Waals surface area contributed by atoms with Crippen LogP contribution in [0, 0.1) is 5.92 Å². The van der Waals surface area contributed by atoms with Crippen LogP contribution in [0.3, 0.4) is 0 Å². The highest BCUT2D eigenvalue weighted by Gasteiger charge is 2.13. The third kappa shape index (κ3) is 3.81. The summed E-state index contributed by atoms with van der Waals surface area (Å²) in [7, 11) is 3.55. The summed E-state index contributed by atoms with van der Waals surface area (Å²) in [4.78, 5) is 12.9. The number of rotatable bonds is 3. The van der Waals surface area contributed by atoms with Gasteiger partial charge in [0.05, 0.1) is 0 Å². The van der Waals surface area contributed by atoms with E-state index in [9.17, 15) is 4.79 Å². The first-order valence-corrected chi connectivity index (χ1v) is 3.80. The van der Waals surface area contributed by atoms with Crippen molar-refractivity contribution in [3.8, 4) is 0 Å². The topological polar surface area (TPSA) is 20.3 Å². The highest BCUT2D eigenvalue weighted by Crippen LogP contribution is 2.10. The van der Waals surface area contributed by atoms with Crippen molar-refractivity contribution in [3.63, 3.8) is 0 Å². The average molecular weight is 155 g/mol. The van der Waals surface area contributed by atoms with E-state index < -0.39 is 0 Å². The average Bonchev–Trinajstić information content (AvgIpc) is 1.84. The van der Waals surface area contributed by atoms with Gasteiger partial charge in [-0.2, -0.15) is 0 Å². The molecule has 0 aliphatic heterocycles. The van der Waals surface area contributed by atoms with Gasteiger partial charge in [0.15, 0.2) is 0 Å². The van der Waals surface area contributed by atoms with Crippen molar-refractivity contribution in [2.45, 2.75) is 20.3 Å². The Morgan fingerprint density at radius 2 is 2.00 bits per heavy atom. The summed E-state index contributed by atoms with van der Waals surface area (Å²) in [5.41, 5.74) is 1.06. The maximum absolute atomic E-state index is 11.3. The zero-order valence-electron chi connectivity index (χ0n) is 7.85. The summed E-state index contributed by atoms with van der Waals surface area (Å²) in [5, 5.41) is 0. The van der Waals surface area contributed by atoms with E-state index in [-0.39, 0.29) is 11.8 Å². The molecule has 0 aliphatic rings. The van der Waals surface area contributed by atoms with Gasteiger partial charge in [-0.05, 0) is 13.3 Å². The van der Waals surface area contributed by atoms with Crippen LogP contribution in [-0.4, -0.2) is 24.9 Å². The summed E-state index contributed by atoms with van der Waals surface area (Å²) in [6, 6.07) is 0. The van der Waals surface area contributed by atoms with Gasteiger partial charge in [0.1, 0.15) is 0 Å². The van der Waals surface area contributed by atoms with E-state index in [0.29, 0.717) is 0 Å². The molecule has 0 bridgehead atoms. The van der Waals surface area contributed by atoms with Crippen LogP contribution < -0.4 is 0 Å². The van der Waals surface area contributed by atoms with E-state index in [1.807, 2.05) is 13.8 Å². The van der Waals surface area contributed by atoms with Gasteiger partial charge in [0.25, 0.3) is 0 Å². The monoisotopic (exact) mass is 155 g/mol. The molecular formula is C9H17NO. The van der Waals surface area contributed by atoms with Gasteiger partial charge in [0.2, 0.25) is 5.91 Å². The minimum Gasteiger partial charge on any atom is -0.349 e. The van der Waals surface area contributed by atoms with Crippen LogP contribution in [0.25, 0.3) is 0 Å². The van der Waals surface area contributed by atoms with Gasteiger partial charge in [0, 0.05) is 20.0 Å². The van der Waals surface area contributed by atoms with Crippen molar-refractivity contribution in [2.24, 2.45) is 5.92 Å². The number of hydrogen-bond donors (Lipinski definition) is 0. The van der Waals surface area contributed by atoms with E-state index in [2.05, 4.69) is 6.58 Å². The maximum Gasteiger partial charge on any atom is 0.225 e. The summed E-state index contributed by atoms with van der Waals surface area (Å²) < 4.78 is 0. The number of nitrogens with zero attached hydrogens (tertiary/aromatic N) is 1. The van der Waals surface area contributed by atoms with Gasteiger partial charge >= 0.3 is 0 Å². The SMILES string of the molecule is C=C(C)C[C@@H](C)C(=O)N(C)C. The molecule has 0 spiro atoms. The zero-order valence-corrected chi connectivity index (χ0v) is 7.85. The normalized spacial score (nSPS) is 12.4. The Bertz CT molecular complexity index is 161. The van der Waals surface area contributed by atoms with Crippen LogP contribution in [0.5, 0.6) is 0 Å². The number of allylic oxidation sites excluding steroid dienone is 1. The van der Waals surface area contributed by atoms with Crippen LogP contribution in [0.2, 0.25) is 0 Å². The molecule has 0 aromatic rings. The molecule has 1 atom stereocenters. The molecule has 0 aliphatic carbocycles. The highest BCUT2D eigenvalue weighted by atomic mass is 16.2. The smallest absolute Gasteiger partial charge is 0.225 e. The number of carbonyl (C=O) groups is 1. The Labute approximate surface area is 68.9 Å². The highest BCUT2D eigenvalue weighted by molar-refractivity contribution is 5.78. The van der Waals surface area contributed by atoms with Crippen LogP contribution >= 0.6 is 0 Å². The molecule has 2 heteroatoms. The fourth-order valence-electron chi connectivity index (χ4n) is 1.05. The van der Waals surface area contributed by atoms with Gasteiger partial charge in [-0.3, -0.25) is 4.79 Å². The van der Waals surface area contributed by atoms with Gasteiger partial charge in [-0.1, -0.05) is 12.5 Å². The Kier molecular flexibility index (Phi) is 3.86. The lowest BCUT2D eigenvalue weighted by Gasteiger charge is -2.16. The van der Waals surface area contributed by atoms with E-state index in [4.69, 9.17) is 0 Å². The number of carbonyl (C=O) groups excluding carboxylic acids is 1. The standard InChI is InChI=1S/C9H17NO/c1-7(2)6-8(3)9(11)10(4)5/h8H,1,6H2,2-5H3/t8-/m1/s1. The van der Waals surface area contributed by atoms with Gasteiger partial charge in [-0.25, -0.2) is 0 Å². The number of amides is 1. The fourth-order valence-corrected chi connectivity index (χ4v) is 1.05. The second-order valence-electron chi connectivity index (χ2n) is 3.29. The molecule has 11 heavy (non-hydrogen) atoms. The lowest BCUT2D eigenvalue weighted by Crippen LogP contribution is -2.27. The Morgan fingerprint density at radius 1 is 1.55 bits per heavy atom. The van der Waals surface area contributed by atoms with Gasteiger partial charge in [-0.15, -0.1) is 6.58 Å². The minimum absolute atomic E-state index is 0.0718. The van der Waals surface area contributed by atoms with Crippen LogP contribution in [0.4, 0.5) is 0 Å². The molecule has 0 saturated carbocycles. The lowest BCUT2D eigenvalue weighted by molar-refractivity contribution is -0.132. The van der Waals surface area contributed by atoms with Crippen LogP contribution in [0.15, 0.2) is 12.2 Å². The molecular weight excluding hydrogens is 138 g/mol. The first-order chi connectivity index (χ1) is 4.95. The van der Waals surface area contributed by atoms with Crippen molar-refractivity contribution >= 4 is 5.91 Å². The van der Waals surface area contributed by atoms with E-state index >= 15 is 0 Å². The molecule has 0 aromatic heterocycles. The minimum atomic E-state index is 0.0718. The summed E-state index contributed by atoms with van der Waals surface area (Å²) in [6.45, 7) is 7.64. The largest absolute Gasteiger partial charge is 0.349 e. The first kappa shape index (κ1) is 10.2. The fraction of sp³-hybridized carbons (Fsp3) is 0.667. The molecule has 0 aromatic carbocycles. The maximum atomic E-state index is 11.3. The van der Waals surface area contributed by atoms with Crippen LogP contribution in [0.1, 0.15) is 20.3 Å². The van der Waals surface area contributed by atoms with Gasteiger partial charge < -0.3 is 4.90 Å². The van der Waals surface area contributed by atoms with E-state index in [1.165, 1.54) is 0 Å². The van der Waals surface area contributed by atoms with Crippen LogP contribution in [-0.2, 0) is 4.79 Å². The molecule has 0 N–H and O–H groups in total. The Hall–Kier alpha value is -0.790. The molecule has 0 saturated heterocycles. The Morgan fingerprint density at radius 3 is 2.27 bits per heavy atom. The second-order valence-corrected chi connectivity index (χ2v) is 3.29. The predicted molar refractivity (Wildman–Crippen MR) is 47.3 cm³/mol. The summed E-state index contributed by atoms with van der Waals surface area (Å²) in [6.07, 6.45) is 0.789. The second kappa shape index (κ2) is 4.16. The molecule has 0 heterocycles. The van der Waals surface area contributed by atoms with Crippen molar-refractivity contribution in [2.75, 3.05) is 14.1 Å². The summed E-state index contributed by atoms with van der Waals surface area (Å²) >= 11 is 0. The number of hydrogen-bond acceptors (Lipinski definition) is 1. The quantitative estimate of drug-likeness (QED) is 0.568. The van der Waals surface area contributed by atoms with Crippen molar-refractivity contribution in [1.82, 2.24) is 4.90 Å². The predicted octanol–water partition coefficient (Wildman–Crippen LogP) is 1.68. The third-order valence-corrected chi connectivity index (χ3v) is 1.52. The van der Waals surface area contributed by atoms with Crippen molar-refractivity contribution in [1.29, 1.82) is 0 Å². The zero-order chi connectivity index (χ0) is 9.02. The third-order valence-electron chi connectivity index (χ3n) is 1.52. The molecule has 0 unspecified atom stereocenters. The molecule has 1 amide bonds. The molecule has 0 rings (SSSR count). The summed E-state index contributed by atoms with van der Waals surface area (Å²) in [5.74, 6) is 0.246. The van der Waals surface area contributed by atoms with E-state index in [1.54, 1.807) is 19.0 Å². The molecule has 2 nitrogen and oxygen atoms in total. The molecule has 0 fully saturated rings. The van der Waals surface area contributed by atoms with Crippen molar-refractivity contribution in [3.05, 3.63) is 12.2 Å². The Balaban J connectivity index is 3.93. The molecule has 0 radical (unpaired) electrons. The van der Waals surface area contributed by atoms with E-state index in [0.717, 1.165) is 12.0 Å².